The second-order valence-electron chi connectivity index (χ2n) is 12.8. The summed E-state index contributed by atoms with van der Waals surface area (Å²) < 4.78 is 15.2. The number of non-ortho nitro benzene ring substituents is 1. The maximum absolute atomic E-state index is 13.4. The normalized spacial score (nSPS) is 14.2. The molecule has 1 aliphatic heterocycles. The van der Waals surface area contributed by atoms with E-state index in [0.717, 1.165) is 12.2 Å². The van der Waals surface area contributed by atoms with Crippen LogP contribution < -0.4 is 26.0 Å². The minimum atomic E-state index is -1.52. The molecule has 1 heterocycles. The second kappa shape index (κ2) is 17.6. The molecular weight excluding hydrogens is 684 g/mol. The van der Waals surface area contributed by atoms with Crippen LogP contribution in [0.3, 0.4) is 0 Å². The van der Waals surface area contributed by atoms with Gasteiger partial charge in [-0.05, 0) is 63.4 Å². The SMILES string of the molecule is CC(C)[C@H](NC(=O)C(CNC(=O)OC(C)(C)C)N1C(=O)C=CC1=O)C(=O)N[C@@H](C)C(=O)Nc1ccc(COC(=O)Oc2ccc([N+](=O)[O-])cc2)cc1. The van der Waals surface area contributed by atoms with Crippen LogP contribution >= 0.6 is 0 Å². The molecule has 18 heteroatoms. The first-order chi connectivity index (χ1) is 24.3. The van der Waals surface area contributed by atoms with Crippen LogP contribution in [0.5, 0.6) is 5.75 Å². The molecule has 4 N–H and O–H groups in total. The molecule has 18 nitrogen and oxygen atoms in total. The Balaban J connectivity index is 1.55. The summed E-state index contributed by atoms with van der Waals surface area (Å²) in [5.74, 6) is -4.25. The monoisotopic (exact) mass is 724 g/mol. The number of benzene rings is 2. The van der Waals surface area contributed by atoms with Crippen LogP contribution in [-0.2, 0) is 40.1 Å². The third-order valence-corrected chi connectivity index (χ3v) is 7.12. The van der Waals surface area contributed by atoms with Gasteiger partial charge in [0.15, 0.2) is 0 Å². The van der Waals surface area contributed by atoms with Gasteiger partial charge in [-0.2, -0.15) is 0 Å². The van der Waals surface area contributed by atoms with Crippen LogP contribution in [0.1, 0.15) is 47.1 Å². The first-order valence-electron chi connectivity index (χ1n) is 16.0. The summed E-state index contributed by atoms with van der Waals surface area (Å²) in [7, 11) is 0. The number of anilines is 1. The molecule has 52 heavy (non-hydrogen) atoms. The Hall–Kier alpha value is -6.33. The van der Waals surface area contributed by atoms with Crippen LogP contribution in [0.2, 0.25) is 0 Å². The third kappa shape index (κ3) is 11.9. The highest BCUT2D eigenvalue weighted by Crippen LogP contribution is 2.19. The molecule has 0 fully saturated rings. The van der Waals surface area contributed by atoms with E-state index in [4.69, 9.17) is 14.2 Å². The number of nitro benzene ring substituents is 1. The van der Waals surface area contributed by atoms with Crippen LogP contribution in [0.15, 0.2) is 60.7 Å². The summed E-state index contributed by atoms with van der Waals surface area (Å²) in [4.78, 5) is 99.5. The minimum absolute atomic E-state index is 0.0568. The van der Waals surface area contributed by atoms with Gasteiger partial charge in [-0.25, -0.2) is 9.59 Å². The van der Waals surface area contributed by atoms with Crippen molar-refractivity contribution in [2.24, 2.45) is 5.92 Å². The number of alkyl carbamates (subject to hydrolysis) is 1. The van der Waals surface area contributed by atoms with Gasteiger partial charge >= 0.3 is 12.2 Å². The molecule has 0 aromatic heterocycles. The summed E-state index contributed by atoms with van der Waals surface area (Å²) in [6.45, 7) is 8.91. The quantitative estimate of drug-likeness (QED) is 0.0723. The van der Waals surface area contributed by atoms with Gasteiger partial charge in [-0.3, -0.25) is 39.0 Å². The van der Waals surface area contributed by atoms with Crippen molar-refractivity contribution in [3.8, 4) is 5.75 Å². The number of rotatable bonds is 14. The first kappa shape index (κ1) is 40.1. The van der Waals surface area contributed by atoms with E-state index < -0.39 is 82.9 Å². The lowest BCUT2D eigenvalue weighted by atomic mass is 10.0. The Morgan fingerprint density at radius 3 is 1.98 bits per heavy atom. The van der Waals surface area contributed by atoms with Crippen LogP contribution in [-0.4, -0.2) is 81.9 Å². The van der Waals surface area contributed by atoms with Crippen molar-refractivity contribution < 1.29 is 52.7 Å². The molecule has 2 aromatic rings. The fourth-order valence-corrected chi connectivity index (χ4v) is 4.51. The maximum Gasteiger partial charge on any atom is 0.514 e. The highest BCUT2D eigenvalue weighted by molar-refractivity contribution is 6.15. The average Bonchev–Trinajstić information content (AvgIpc) is 3.39. The number of ether oxygens (including phenoxy) is 3. The van der Waals surface area contributed by atoms with Gasteiger partial charge in [0.25, 0.3) is 17.5 Å². The molecule has 2 aromatic carbocycles. The Bertz CT molecular complexity index is 1700. The molecule has 1 unspecified atom stereocenters. The van der Waals surface area contributed by atoms with Crippen LogP contribution in [0.25, 0.3) is 0 Å². The van der Waals surface area contributed by atoms with E-state index in [-0.39, 0.29) is 18.0 Å². The van der Waals surface area contributed by atoms with Gasteiger partial charge in [0.05, 0.1) is 11.5 Å². The number of imide groups is 1. The average molecular weight is 725 g/mol. The first-order valence-corrected chi connectivity index (χ1v) is 16.0. The molecule has 0 bridgehead atoms. The van der Waals surface area contributed by atoms with E-state index in [2.05, 4.69) is 21.3 Å². The van der Waals surface area contributed by atoms with Crippen molar-refractivity contribution in [2.75, 3.05) is 11.9 Å². The number of amides is 6. The summed E-state index contributed by atoms with van der Waals surface area (Å²) in [6.07, 6.45) is 0.0369. The predicted octanol–water partition coefficient (Wildman–Crippen LogP) is 2.71. The van der Waals surface area contributed by atoms with E-state index in [1.165, 1.54) is 43.3 Å². The van der Waals surface area contributed by atoms with E-state index in [0.29, 0.717) is 16.2 Å². The van der Waals surface area contributed by atoms with Crippen molar-refractivity contribution in [1.82, 2.24) is 20.9 Å². The van der Waals surface area contributed by atoms with Crippen molar-refractivity contribution in [2.45, 2.75) is 71.9 Å². The van der Waals surface area contributed by atoms with E-state index >= 15 is 0 Å². The molecule has 3 rings (SSSR count). The molecule has 278 valence electrons. The molecule has 1 aliphatic rings. The Labute approximate surface area is 298 Å². The van der Waals surface area contributed by atoms with E-state index in [1.807, 2.05) is 0 Å². The van der Waals surface area contributed by atoms with Crippen LogP contribution in [0, 0.1) is 16.0 Å². The second-order valence-corrected chi connectivity index (χ2v) is 12.8. The van der Waals surface area contributed by atoms with Gasteiger partial charge in [-0.15, -0.1) is 0 Å². The Morgan fingerprint density at radius 2 is 1.44 bits per heavy atom. The smallest absolute Gasteiger partial charge is 0.444 e. The Morgan fingerprint density at radius 1 is 0.846 bits per heavy atom. The number of nitrogens with one attached hydrogen (secondary N) is 4. The zero-order chi connectivity index (χ0) is 38.7. The number of nitrogens with zero attached hydrogens (tertiary/aromatic N) is 2. The standard InChI is InChI=1S/C34H40N6O12/c1-19(2)28(38-30(44)25(39-26(41)15-16-27(39)42)17-35-32(46)52-34(4,5)6)31(45)36-20(3)29(43)37-22-9-7-21(8-10-22)18-50-33(47)51-24-13-11-23(12-14-24)40(48)49/h7-16,19-20,25,28H,17-18H2,1-6H3,(H,35,46)(H,36,45)(H,37,43)(H,38,44)/t20-,25?,28-/m0/s1. The minimum Gasteiger partial charge on any atom is -0.444 e. The Kier molecular flexibility index (Phi) is 13.5. The highest BCUT2D eigenvalue weighted by atomic mass is 16.7. The maximum atomic E-state index is 13.4. The molecule has 0 saturated heterocycles. The summed E-state index contributed by atoms with van der Waals surface area (Å²) in [5.41, 5.74) is -0.127. The fraction of sp³-hybridized carbons (Fsp3) is 0.382. The molecule has 0 aliphatic carbocycles. The number of carbonyl (C=O) groups is 7. The molecule has 0 saturated carbocycles. The number of hydrogen-bond acceptors (Lipinski definition) is 12. The fourth-order valence-electron chi connectivity index (χ4n) is 4.51. The zero-order valence-corrected chi connectivity index (χ0v) is 29.3. The lowest BCUT2D eigenvalue weighted by Crippen LogP contribution is -2.60. The number of carbonyl (C=O) groups excluding carboxylic acids is 7. The van der Waals surface area contributed by atoms with Crippen molar-refractivity contribution in [1.29, 1.82) is 0 Å². The lowest BCUT2D eigenvalue weighted by molar-refractivity contribution is -0.384. The third-order valence-electron chi connectivity index (χ3n) is 7.12. The lowest BCUT2D eigenvalue weighted by Gasteiger charge is -2.29. The van der Waals surface area contributed by atoms with Gasteiger partial charge < -0.3 is 35.5 Å². The van der Waals surface area contributed by atoms with Gasteiger partial charge in [0, 0.05) is 30.0 Å². The zero-order valence-electron chi connectivity index (χ0n) is 29.3. The topological polar surface area (TPSA) is 242 Å². The van der Waals surface area contributed by atoms with Crippen molar-refractivity contribution in [3.05, 3.63) is 76.4 Å². The number of nitro groups is 1. The van der Waals surface area contributed by atoms with Gasteiger partial charge in [0.1, 0.15) is 36.1 Å². The van der Waals surface area contributed by atoms with E-state index in [1.54, 1.807) is 46.8 Å². The number of hydrogen-bond donors (Lipinski definition) is 4. The summed E-state index contributed by atoms with van der Waals surface area (Å²) in [6, 6.07) is 7.25. The molecule has 6 amide bonds. The molecule has 0 radical (unpaired) electrons. The van der Waals surface area contributed by atoms with Gasteiger partial charge in [-0.1, -0.05) is 26.0 Å². The largest absolute Gasteiger partial charge is 0.514 e. The van der Waals surface area contributed by atoms with E-state index in [9.17, 15) is 43.7 Å². The van der Waals surface area contributed by atoms with Crippen molar-refractivity contribution in [3.63, 3.8) is 0 Å². The van der Waals surface area contributed by atoms with Gasteiger partial charge in [0.2, 0.25) is 17.7 Å². The predicted molar refractivity (Wildman–Crippen MR) is 182 cm³/mol. The van der Waals surface area contributed by atoms with Crippen molar-refractivity contribution >= 4 is 53.2 Å². The molecule has 3 atom stereocenters. The van der Waals surface area contributed by atoms with Crippen LogP contribution in [0.4, 0.5) is 21.0 Å². The molecular formula is C34H40N6O12. The molecule has 0 spiro atoms. The summed E-state index contributed by atoms with van der Waals surface area (Å²) >= 11 is 0. The highest BCUT2D eigenvalue weighted by Gasteiger charge is 2.38. The summed E-state index contributed by atoms with van der Waals surface area (Å²) in [5, 5.41) is 20.8.